The summed E-state index contributed by atoms with van der Waals surface area (Å²) in [6.07, 6.45) is 1.95. The summed E-state index contributed by atoms with van der Waals surface area (Å²) in [7, 11) is 0. The van der Waals surface area contributed by atoms with Gasteiger partial charge in [-0.25, -0.2) is 4.98 Å². The normalized spacial score (nSPS) is 12.5. The summed E-state index contributed by atoms with van der Waals surface area (Å²) in [5, 5.41) is 7.25. The van der Waals surface area contributed by atoms with Gasteiger partial charge in [0.25, 0.3) is 0 Å². The molecule has 3 nitrogen and oxygen atoms in total. The fourth-order valence-corrected chi connectivity index (χ4v) is 7.66. The Morgan fingerprint density at radius 2 is 1.04 bits per heavy atom. The molecular weight excluding hydrogens is 619 g/mol. The molecule has 9 rings (SSSR count). The second-order valence-electron chi connectivity index (χ2n) is 16.0. The van der Waals surface area contributed by atoms with Crippen LogP contribution in [-0.4, -0.2) is 14.5 Å². The lowest BCUT2D eigenvalue weighted by atomic mass is 9.83. The fraction of sp³-hybridized carbons (Fsp3) is 0.167. The minimum Gasteiger partial charge on any atom is -0.309 e. The third-order valence-electron chi connectivity index (χ3n) is 10.5. The first-order valence-electron chi connectivity index (χ1n) is 17.9. The Balaban J connectivity index is 1.20. The van der Waals surface area contributed by atoms with Gasteiger partial charge >= 0.3 is 0 Å². The van der Waals surface area contributed by atoms with Gasteiger partial charge in [0, 0.05) is 32.8 Å². The summed E-state index contributed by atoms with van der Waals surface area (Å²) >= 11 is 0. The van der Waals surface area contributed by atoms with Gasteiger partial charge in [-0.15, -0.1) is 0 Å². The third kappa shape index (κ3) is 5.19. The number of benzene rings is 7. The Kier molecular flexibility index (Phi) is 6.95. The number of hydrogen-bond acceptors (Lipinski definition) is 2. The molecule has 3 heteroatoms. The van der Waals surface area contributed by atoms with Crippen LogP contribution < -0.4 is 0 Å². The van der Waals surface area contributed by atoms with Crippen LogP contribution in [0, 0.1) is 0 Å². The summed E-state index contributed by atoms with van der Waals surface area (Å²) < 4.78 is 2.36. The highest BCUT2D eigenvalue weighted by Gasteiger charge is 2.21. The van der Waals surface area contributed by atoms with Crippen LogP contribution in [0.3, 0.4) is 0 Å². The predicted octanol–water partition coefficient (Wildman–Crippen LogP) is 13.0. The maximum atomic E-state index is 5.38. The van der Waals surface area contributed by atoms with E-state index < -0.39 is 0 Å². The quantitative estimate of drug-likeness (QED) is 0.177. The molecule has 0 saturated heterocycles. The van der Waals surface area contributed by atoms with Crippen molar-refractivity contribution >= 4 is 54.4 Å². The number of hydrogen-bond donors (Lipinski definition) is 0. The Morgan fingerprint density at radius 3 is 1.75 bits per heavy atom. The van der Waals surface area contributed by atoms with Gasteiger partial charge < -0.3 is 4.57 Å². The topological polar surface area (TPSA) is 30.7 Å². The molecule has 0 saturated carbocycles. The summed E-state index contributed by atoms with van der Waals surface area (Å²) in [5.74, 6) is 0. The molecule has 0 spiro atoms. The molecule has 0 atom stereocenters. The van der Waals surface area contributed by atoms with Crippen LogP contribution in [0.2, 0.25) is 0 Å². The van der Waals surface area contributed by atoms with E-state index in [1.807, 2.05) is 6.20 Å². The van der Waals surface area contributed by atoms with E-state index in [1.165, 1.54) is 49.3 Å². The molecule has 0 aliphatic heterocycles. The highest BCUT2D eigenvalue weighted by Crippen LogP contribution is 2.40. The van der Waals surface area contributed by atoms with Crippen molar-refractivity contribution in [1.82, 2.24) is 14.5 Å². The van der Waals surface area contributed by atoms with Crippen LogP contribution in [-0.2, 0) is 10.8 Å². The van der Waals surface area contributed by atoms with Crippen molar-refractivity contribution in [2.45, 2.75) is 52.4 Å². The Labute approximate surface area is 299 Å². The predicted molar refractivity (Wildman–Crippen MR) is 217 cm³/mol. The fourth-order valence-electron chi connectivity index (χ4n) is 7.66. The average molecular weight is 660 g/mol. The average Bonchev–Trinajstić information content (AvgIpc) is 3.47. The largest absolute Gasteiger partial charge is 0.309 e. The molecule has 7 aromatic carbocycles. The van der Waals surface area contributed by atoms with Crippen LogP contribution >= 0.6 is 0 Å². The van der Waals surface area contributed by atoms with E-state index in [2.05, 4.69) is 180 Å². The van der Waals surface area contributed by atoms with Crippen LogP contribution in [0.25, 0.3) is 82.5 Å². The van der Waals surface area contributed by atoms with Gasteiger partial charge in [0.15, 0.2) is 0 Å². The van der Waals surface area contributed by atoms with Gasteiger partial charge in [0.1, 0.15) is 0 Å². The smallest absolute Gasteiger partial charge is 0.0979 e. The standard InChI is InChI=1S/C48H41N3/c1-47(2,3)33-20-22-37-39(27-33)40-28-34(48(4,5)6)21-23-38(40)46-45(37)49-29-42(50-46)32-14-12-13-30(25-32)31-19-24-44-41(26-31)36-17-10-11-18-43(36)51(44)35-15-8-7-9-16-35/h7-29H,1-6H3. The monoisotopic (exact) mass is 659 g/mol. The lowest BCUT2D eigenvalue weighted by molar-refractivity contribution is 0.590. The number of aromatic nitrogens is 3. The Morgan fingerprint density at radius 1 is 0.431 bits per heavy atom. The van der Waals surface area contributed by atoms with Crippen molar-refractivity contribution in [3.05, 3.63) is 151 Å². The molecule has 2 heterocycles. The maximum Gasteiger partial charge on any atom is 0.0979 e. The highest BCUT2D eigenvalue weighted by molar-refractivity contribution is 6.23. The van der Waals surface area contributed by atoms with Crippen molar-refractivity contribution in [3.8, 4) is 28.1 Å². The molecule has 0 bridgehead atoms. The third-order valence-corrected chi connectivity index (χ3v) is 10.5. The summed E-state index contributed by atoms with van der Waals surface area (Å²) in [4.78, 5) is 10.5. The van der Waals surface area contributed by atoms with Gasteiger partial charge in [-0.3, -0.25) is 4.98 Å². The number of fused-ring (bicyclic) bond motifs is 9. The van der Waals surface area contributed by atoms with Gasteiger partial charge in [0.05, 0.1) is 34.0 Å². The second kappa shape index (κ2) is 11.4. The van der Waals surface area contributed by atoms with Gasteiger partial charge in [-0.2, -0.15) is 0 Å². The first kappa shape index (κ1) is 31.2. The molecule has 0 fully saturated rings. The molecule has 248 valence electrons. The van der Waals surface area contributed by atoms with E-state index in [-0.39, 0.29) is 10.8 Å². The highest BCUT2D eigenvalue weighted by atomic mass is 15.0. The van der Waals surface area contributed by atoms with Crippen LogP contribution in [0.4, 0.5) is 0 Å². The summed E-state index contributed by atoms with van der Waals surface area (Å²) in [6, 6.07) is 48.6. The van der Waals surface area contributed by atoms with E-state index >= 15 is 0 Å². The Bertz CT molecular complexity index is 2810. The van der Waals surface area contributed by atoms with Crippen molar-refractivity contribution in [2.24, 2.45) is 0 Å². The van der Waals surface area contributed by atoms with Crippen molar-refractivity contribution in [2.75, 3.05) is 0 Å². The van der Waals surface area contributed by atoms with Crippen LogP contribution in [0.5, 0.6) is 0 Å². The second-order valence-corrected chi connectivity index (χ2v) is 16.0. The zero-order valence-corrected chi connectivity index (χ0v) is 30.1. The lowest BCUT2D eigenvalue weighted by Gasteiger charge is -2.22. The van der Waals surface area contributed by atoms with E-state index in [0.717, 1.165) is 44.3 Å². The molecule has 0 aliphatic rings. The molecule has 2 aromatic heterocycles. The van der Waals surface area contributed by atoms with Gasteiger partial charge in [0.2, 0.25) is 0 Å². The van der Waals surface area contributed by atoms with Gasteiger partial charge in [-0.05, 0) is 92.4 Å². The maximum absolute atomic E-state index is 5.38. The van der Waals surface area contributed by atoms with E-state index in [1.54, 1.807) is 0 Å². The van der Waals surface area contributed by atoms with E-state index in [9.17, 15) is 0 Å². The van der Waals surface area contributed by atoms with E-state index in [0.29, 0.717) is 0 Å². The van der Waals surface area contributed by atoms with Crippen molar-refractivity contribution in [1.29, 1.82) is 0 Å². The van der Waals surface area contributed by atoms with Crippen molar-refractivity contribution in [3.63, 3.8) is 0 Å². The lowest BCUT2D eigenvalue weighted by Crippen LogP contribution is -2.11. The zero-order valence-electron chi connectivity index (χ0n) is 30.1. The first-order valence-corrected chi connectivity index (χ1v) is 17.9. The molecule has 0 N–H and O–H groups in total. The van der Waals surface area contributed by atoms with Crippen LogP contribution in [0.1, 0.15) is 52.7 Å². The molecule has 0 aliphatic carbocycles. The SMILES string of the molecule is CC(C)(C)c1ccc2c(c1)c1cc(C(C)(C)C)ccc1c1nc(-c3cccc(-c4ccc5c(c4)c4ccccc4n5-c4ccccc4)c3)cnc21. The molecule has 9 aromatic rings. The molecule has 0 amide bonds. The number of para-hydroxylation sites is 2. The molecule has 0 radical (unpaired) electrons. The molecule has 0 unspecified atom stereocenters. The zero-order chi connectivity index (χ0) is 35.1. The van der Waals surface area contributed by atoms with Crippen LogP contribution in [0.15, 0.2) is 140 Å². The number of rotatable bonds is 3. The molecule has 51 heavy (non-hydrogen) atoms. The number of nitrogens with zero attached hydrogens (tertiary/aromatic N) is 3. The molecular formula is C48H41N3. The van der Waals surface area contributed by atoms with Crippen molar-refractivity contribution < 1.29 is 0 Å². The summed E-state index contributed by atoms with van der Waals surface area (Å²) in [6.45, 7) is 13.7. The minimum atomic E-state index is 0.0323. The van der Waals surface area contributed by atoms with E-state index in [4.69, 9.17) is 9.97 Å². The Hall–Kier alpha value is -5.80. The summed E-state index contributed by atoms with van der Waals surface area (Å²) in [5.41, 5.74) is 12.4. The first-order chi connectivity index (χ1) is 24.5. The minimum absolute atomic E-state index is 0.0323. The van der Waals surface area contributed by atoms with Gasteiger partial charge in [-0.1, -0.05) is 126 Å².